The molecule has 0 atom stereocenters. The lowest BCUT2D eigenvalue weighted by atomic mass is 9.82. The van der Waals surface area contributed by atoms with Gasteiger partial charge in [-0.15, -0.1) is 0 Å². The Labute approximate surface area is 109 Å². The van der Waals surface area contributed by atoms with E-state index in [1.54, 1.807) is 0 Å². The van der Waals surface area contributed by atoms with Gasteiger partial charge in [0.25, 0.3) is 0 Å². The number of rotatable bonds is 3. The van der Waals surface area contributed by atoms with Crippen LogP contribution in [0.25, 0.3) is 0 Å². The predicted octanol–water partition coefficient (Wildman–Crippen LogP) is 2.59. The summed E-state index contributed by atoms with van der Waals surface area (Å²) in [6.45, 7) is 8.08. The molecule has 0 aromatic heterocycles. The van der Waals surface area contributed by atoms with Crippen molar-refractivity contribution in [2.24, 2.45) is 11.1 Å². The van der Waals surface area contributed by atoms with Crippen LogP contribution in [0.3, 0.4) is 0 Å². The molecule has 98 valence electrons. The molecule has 18 heavy (non-hydrogen) atoms. The van der Waals surface area contributed by atoms with Gasteiger partial charge in [0.1, 0.15) is 5.84 Å². The van der Waals surface area contributed by atoms with Crippen LogP contribution < -0.4 is 5.73 Å². The Balaban J connectivity index is 1.92. The molecule has 1 aromatic rings. The monoisotopic (exact) mass is 245 g/mol. The van der Waals surface area contributed by atoms with E-state index < -0.39 is 0 Å². The second-order valence-electron chi connectivity index (χ2n) is 6.05. The van der Waals surface area contributed by atoms with Crippen LogP contribution in [-0.2, 0) is 6.54 Å². The number of piperidine rings is 1. The van der Waals surface area contributed by atoms with Gasteiger partial charge in [-0.1, -0.05) is 38.1 Å². The topological polar surface area (TPSA) is 53.1 Å². The molecule has 0 bridgehead atoms. The molecule has 3 heteroatoms. The van der Waals surface area contributed by atoms with Crippen molar-refractivity contribution in [3.05, 3.63) is 35.4 Å². The Morgan fingerprint density at radius 2 is 1.78 bits per heavy atom. The van der Waals surface area contributed by atoms with E-state index in [0.717, 1.165) is 12.1 Å². The van der Waals surface area contributed by atoms with Crippen molar-refractivity contribution in [1.82, 2.24) is 4.90 Å². The molecular formula is C15H23N3. The summed E-state index contributed by atoms with van der Waals surface area (Å²) >= 11 is 0. The minimum Gasteiger partial charge on any atom is -0.384 e. The molecule has 2 rings (SSSR count). The minimum atomic E-state index is 0.140. The SMILES string of the molecule is CC1(C)CCN(Cc2ccc(C(=N)N)cc2)CC1. The summed E-state index contributed by atoms with van der Waals surface area (Å²) in [5, 5.41) is 7.37. The van der Waals surface area contributed by atoms with Crippen molar-refractivity contribution in [2.45, 2.75) is 33.2 Å². The molecule has 3 N–H and O–H groups in total. The van der Waals surface area contributed by atoms with Gasteiger partial charge in [-0.3, -0.25) is 10.3 Å². The van der Waals surface area contributed by atoms with Crippen LogP contribution in [0.15, 0.2) is 24.3 Å². The lowest BCUT2D eigenvalue weighted by Crippen LogP contribution is -2.36. The summed E-state index contributed by atoms with van der Waals surface area (Å²) in [6, 6.07) is 8.03. The van der Waals surface area contributed by atoms with E-state index in [2.05, 4.69) is 30.9 Å². The summed E-state index contributed by atoms with van der Waals surface area (Å²) in [4.78, 5) is 2.51. The number of nitrogen functional groups attached to an aromatic ring is 1. The maximum atomic E-state index is 7.37. The highest BCUT2D eigenvalue weighted by molar-refractivity contribution is 5.94. The fourth-order valence-corrected chi connectivity index (χ4v) is 2.36. The van der Waals surface area contributed by atoms with Crippen LogP contribution in [0.5, 0.6) is 0 Å². The van der Waals surface area contributed by atoms with Crippen molar-refractivity contribution in [3.8, 4) is 0 Å². The summed E-state index contributed by atoms with van der Waals surface area (Å²) in [7, 11) is 0. The first kappa shape index (κ1) is 13.1. The number of hydrogen-bond donors (Lipinski definition) is 2. The highest BCUT2D eigenvalue weighted by atomic mass is 15.1. The molecule has 0 radical (unpaired) electrons. The molecule has 0 spiro atoms. The standard InChI is InChI=1S/C15H23N3/c1-15(2)7-9-18(10-8-15)11-12-3-5-13(6-4-12)14(16)17/h3-6H,7-11H2,1-2H3,(H3,16,17). The average Bonchev–Trinajstić information content (AvgIpc) is 2.33. The largest absolute Gasteiger partial charge is 0.384 e. The fourth-order valence-electron chi connectivity index (χ4n) is 2.36. The minimum absolute atomic E-state index is 0.140. The molecule has 0 saturated carbocycles. The van der Waals surface area contributed by atoms with Gasteiger partial charge in [-0.2, -0.15) is 0 Å². The zero-order valence-corrected chi connectivity index (χ0v) is 11.4. The van der Waals surface area contributed by atoms with Gasteiger partial charge in [0.2, 0.25) is 0 Å². The number of amidine groups is 1. The quantitative estimate of drug-likeness (QED) is 0.635. The highest BCUT2D eigenvalue weighted by Gasteiger charge is 2.24. The third-order valence-corrected chi connectivity index (χ3v) is 3.88. The lowest BCUT2D eigenvalue weighted by molar-refractivity contribution is 0.127. The maximum Gasteiger partial charge on any atom is 0.122 e. The molecular weight excluding hydrogens is 222 g/mol. The van der Waals surface area contributed by atoms with E-state index in [-0.39, 0.29) is 5.84 Å². The smallest absolute Gasteiger partial charge is 0.122 e. The van der Waals surface area contributed by atoms with Crippen LogP contribution in [0.1, 0.15) is 37.8 Å². The summed E-state index contributed by atoms with van der Waals surface area (Å²) in [5.41, 5.74) is 8.07. The molecule has 1 aromatic carbocycles. The fraction of sp³-hybridized carbons (Fsp3) is 0.533. The first-order valence-corrected chi connectivity index (χ1v) is 6.62. The van der Waals surface area contributed by atoms with Crippen molar-refractivity contribution in [2.75, 3.05) is 13.1 Å². The number of nitrogens with zero attached hydrogens (tertiary/aromatic N) is 1. The van der Waals surface area contributed by atoms with Crippen LogP contribution in [0, 0.1) is 10.8 Å². The summed E-state index contributed by atoms with van der Waals surface area (Å²) in [5.74, 6) is 0.140. The van der Waals surface area contributed by atoms with E-state index in [4.69, 9.17) is 11.1 Å². The van der Waals surface area contributed by atoms with Crippen LogP contribution >= 0.6 is 0 Å². The molecule has 3 nitrogen and oxygen atoms in total. The molecule has 0 aliphatic carbocycles. The Morgan fingerprint density at radius 3 is 2.28 bits per heavy atom. The van der Waals surface area contributed by atoms with Gasteiger partial charge in [0, 0.05) is 12.1 Å². The Bertz CT molecular complexity index is 410. The van der Waals surface area contributed by atoms with Crippen molar-refractivity contribution in [3.63, 3.8) is 0 Å². The van der Waals surface area contributed by atoms with E-state index in [1.807, 2.05) is 12.1 Å². The van der Waals surface area contributed by atoms with Gasteiger partial charge in [-0.05, 0) is 36.9 Å². The van der Waals surface area contributed by atoms with Crippen LogP contribution in [0.4, 0.5) is 0 Å². The van der Waals surface area contributed by atoms with E-state index in [1.165, 1.54) is 31.5 Å². The number of benzene rings is 1. The van der Waals surface area contributed by atoms with Crippen LogP contribution in [0.2, 0.25) is 0 Å². The van der Waals surface area contributed by atoms with Crippen molar-refractivity contribution < 1.29 is 0 Å². The van der Waals surface area contributed by atoms with Gasteiger partial charge in [-0.25, -0.2) is 0 Å². The zero-order valence-electron chi connectivity index (χ0n) is 11.4. The molecule has 1 aliphatic rings. The molecule has 0 unspecified atom stereocenters. The molecule has 1 fully saturated rings. The number of likely N-dealkylation sites (tertiary alicyclic amines) is 1. The number of hydrogen-bond acceptors (Lipinski definition) is 2. The van der Waals surface area contributed by atoms with Gasteiger partial charge < -0.3 is 5.73 Å². The van der Waals surface area contributed by atoms with E-state index >= 15 is 0 Å². The Hall–Kier alpha value is -1.35. The summed E-state index contributed by atoms with van der Waals surface area (Å²) in [6.07, 6.45) is 2.55. The van der Waals surface area contributed by atoms with Crippen molar-refractivity contribution in [1.29, 1.82) is 5.41 Å². The summed E-state index contributed by atoms with van der Waals surface area (Å²) < 4.78 is 0. The molecule has 0 amide bonds. The maximum absolute atomic E-state index is 7.37. The van der Waals surface area contributed by atoms with E-state index in [9.17, 15) is 0 Å². The van der Waals surface area contributed by atoms with Gasteiger partial charge in [0.15, 0.2) is 0 Å². The first-order valence-electron chi connectivity index (χ1n) is 6.62. The average molecular weight is 245 g/mol. The zero-order chi connectivity index (χ0) is 13.2. The number of nitrogens with two attached hydrogens (primary N) is 1. The molecule has 1 saturated heterocycles. The lowest BCUT2D eigenvalue weighted by Gasteiger charge is -2.36. The number of nitrogens with one attached hydrogen (secondary N) is 1. The van der Waals surface area contributed by atoms with Crippen LogP contribution in [-0.4, -0.2) is 23.8 Å². The third-order valence-electron chi connectivity index (χ3n) is 3.88. The second kappa shape index (κ2) is 5.11. The predicted molar refractivity (Wildman–Crippen MR) is 75.8 cm³/mol. The molecule has 1 heterocycles. The van der Waals surface area contributed by atoms with E-state index in [0.29, 0.717) is 5.41 Å². The first-order chi connectivity index (χ1) is 8.46. The molecule has 1 aliphatic heterocycles. The highest BCUT2D eigenvalue weighted by Crippen LogP contribution is 2.30. The Morgan fingerprint density at radius 1 is 1.22 bits per heavy atom. The van der Waals surface area contributed by atoms with Gasteiger partial charge in [0.05, 0.1) is 0 Å². The third kappa shape index (κ3) is 3.33. The normalized spacial score (nSPS) is 19.7. The second-order valence-corrected chi connectivity index (χ2v) is 6.05. The van der Waals surface area contributed by atoms with Crippen molar-refractivity contribution >= 4 is 5.84 Å². The Kier molecular flexibility index (Phi) is 3.71. The van der Waals surface area contributed by atoms with Gasteiger partial charge >= 0.3 is 0 Å².